The molecule has 1 heterocycles. The molecule has 0 saturated heterocycles. The monoisotopic (exact) mass is 257 g/mol. The summed E-state index contributed by atoms with van der Waals surface area (Å²) in [6.07, 6.45) is 2.04. The van der Waals surface area contributed by atoms with Crippen molar-refractivity contribution in [2.75, 3.05) is 31.2 Å². The highest BCUT2D eigenvalue weighted by Crippen LogP contribution is 2.20. The number of aromatic nitrogens is 2. The normalized spacial score (nSPS) is 10.3. The maximum Gasteiger partial charge on any atom is 0.156 e. The van der Waals surface area contributed by atoms with Crippen molar-refractivity contribution in [2.24, 2.45) is 0 Å². The molecule has 6 heteroatoms. The summed E-state index contributed by atoms with van der Waals surface area (Å²) in [6.45, 7) is 6.57. The highest BCUT2D eigenvalue weighted by molar-refractivity contribution is 6.32. The Balaban J connectivity index is 2.87. The van der Waals surface area contributed by atoms with Crippen LogP contribution in [0.1, 0.15) is 24.2 Å². The predicted molar refractivity (Wildman–Crippen MR) is 66.8 cm³/mol. The van der Waals surface area contributed by atoms with Gasteiger partial charge in [0.15, 0.2) is 6.29 Å². The second-order valence-electron chi connectivity index (χ2n) is 3.30. The van der Waals surface area contributed by atoms with Crippen LogP contribution in [0.2, 0.25) is 5.15 Å². The summed E-state index contributed by atoms with van der Waals surface area (Å²) in [5.74, 6) is 0.558. The van der Waals surface area contributed by atoms with Gasteiger partial charge >= 0.3 is 0 Å². The van der Waals surface area contributed by atoms with E-state index >= 15 is 0 Å². The minimum atomic E-state index is 0.180. The van der Waals surface area contributed by atoms with E-state index in [2.05, 4.69) is 9.97 Å². The van der Waals surface area contributed by atoms with Crippen LogP contribution in [0.3, 0.4) is 0 Å². The molecular weight excluding hydrogens is 242 g/mol. The topological polar surface area (TPSA) is 55.3 Å². The van der Waals surface area contributed by atoms with Gasteiger partial charge in [-0.1, -0.05) is 11.6 Å². The standard InChI is InChI=1S/C11H16ClN3O2/c1-3-15(5-6-17-4-2)11-9(7-16)10(12)13-8-14-11/h7-8H,3-6H2,1-2H3. The SMILES string of the molecule is CCOCCN(CC)c1ncnc(Cl)c1C=O. The number of ether oxygens (including phenoxy) is 1. The second-order valence-corrected chi connectivity index (χ2v) is 3.65. The molecule has 0 spiro atoms. The first-order valence-corrected chi connectivity index (χ1v) is 5.90. The molecule has 5 nitrogen and oxygen atoms in total. The molecule has 0 aliphatic rings. The molecule has 1 rings (SSSR count). The van der Waals surface area contributed by atoms with Gasteiger partial charge < -0.3 is 9.64 Å². The zero-order valence-electron chi connectivity index (χ0n) is 10.0. The zero-order chi connectivity index (χ0) is 12.7. The fourth-order valence-corrected chi connectivity index (χ4v) is 1.62. The third kappa shape index (κ3) is 3.64. The molecule has 0 aromatic carbocycles. The first-order chi connectivity index (χ1) is 8.24. The summed E-state index contributed by atoms with van der Waals surface area (Å²) < 4.78 is 5.28. The first kappa shape index (κ1) is 13.9. The Morgan fingerprint density at radius 2 is 2.24 bits per heavy atom. The second kappa shape index (κ2) is 7.19. The van der Waals surface area contributed by atoms with E-state index in [-0.39, 0.29) is 5.15 Å². The number of aldehydes is 1. The molecule has 17 heavy (non-hydrogen) atoms. The summed E-state index contributed by atoms with van der Waals surface area (Å²) in [4.78, 5) is 20.8. The Morgan fingerprint density at radius 3 is 2.82 bits per heavy atom. The molecular formula is C11H16ClN3O2. The number of carbonyl (C=O) groups excluding carboxylic acids is 1. The van der Waals surface area contributed by atoms with Crippen LogP contribution in [0.5, 0.6) is 0 Å². The summed E-state index contributed by atoms with van der Waals surface area (Å²) in [5, 5.41) is 0.180. The molecule has 0 radical (unpaired) electrons. The van der Waals surface area contributed by atoms with Crippen molar-refractivity contribution in [2.45, 2.75) is 13.8 Å². The number of likely N-dealkylation sites (N-methyl/N-ethyl adjacent to an activating group) is 1. The van der Waals surface area contributed by atoms with Crippen LogP contribution >= 0.6 is 11.6 Å². The van der Waals surface area contributed by atoms with E-state index in [1.54, 1.807) is 0 Å². The number of nitrogens with zero attached hydrogens (tertiary/aromatic N) is 3. The van der Waals surface area contributed by atoms with Crippen molar-refractivity contribution in [3.05, 3.63) is 17.0 Å². The van der Waals surface area contributed by atoms with Crippen LogP contribution in [-0.2, 0) is 4.74 Å². The third-order valence-corrected chi connectivity index (χ3v) is 2.62. The van der Waals surface area contributed by atoms with Crippen LogP contribution in [0.25, 0.3) is 0 Å². The van der Waals surface area contributed by atoms with Crippen molar-refractivity contribution in [1.29, 1.82) is 0 Å². The van der Waals surface area contributed by atoms with Crippen molar-refractivity contribution in [3.63, 3.8) is 0 Å². The van der Waals surface area contributed by atoms with Gasteiger partial charge in [0.05, 0.1) is 12.2 Å². The van der Waals surface area contributed by atoms with E-state index in [1.165, 1.54) is 6.33 Å². The van der Waals surface area contributed by atoms with Crippen molar-refractivity contribution >= 4 is 23.7 Å². The molecule has 0 amide bonds. The smallest absolute Gasteiger partial charge is 0.156 e. The van der Waals surface area contributed by atoms with E-state index in [0.717, 1.165) is 6.54 Å². The molecule has 94 valence electrons. The summed E-state index contributed by atoms with van der Waals surface area (Å²) in [7, 11) is 0. The maximum absolute atomic E-state index is 11.0. The molecule has 0 aliphatic carbocycles. The Hall–Kier alpha value is -1.20. The average molecular weight is 258 g/mol. The van der Waals surface area contributed by atoms with Crippen molar-refractivity contribution in [3.8, 4) is 0 Å². The first-order valence-electron chi connectivity index (χ1n) is 5.52. The molecule has 0 bridgehead atoms. The predicted octanol–water partition coefficient (Wildman–Crippen LogP) is 1.81. The van der Waals surface area contributed by atoms with Gasteiger partial charge in [-0.2, -0.15) is 0 Å². The number of hydrogen-bond donors (Lipinski definition) is 0. The minimum absolute atomic E-state index is 0.180. The molecule has 1 aromatic heterocycles. The van der Waals surface area contributed by atoms with Crippen LogP contribution in [-0.4, -0.2) is 42.6 Å². The number of rotatable bonds is 7. The number of anilines is 1. The van der Waals surface area contributed by atoms with Gasteiger partial charge in [0.1, 0.15) is 17.3 Å². The van der Waals surface area contributed by atoms with Crippen LogP contribution in [0.4, 0.5) is 5.82 Å². The Bertz CT molecular complexity index is 374. The Morgan fingerprint density at radius 1 is 1.47 bits per heavy atom. The molecule has 0 aliphatic heterocycles. The quantitative estimate of drug-likeness (QED) is 0.424. The van der Waals surface area contributed by atoms with Gasteiger partial charge in [-0.25, -0.2) is 9.97 Å². The van der Waals surface area contributed by atoms with E-state index in [4.69, 9.17) is 16.3 Å². The lowest BCUT2D eigenvalue weighted by Gasteiger charge is -2.22. The van der Waals surface area contributed by atoms with Crippen LogP contribution in [0, 0.1) is 0 Å². The molecule has 1 aromatic rings. The van der Waals surface area contributed by atoms with Gasteiger partial charge in [-0.15, -0.1) is 0 Å². The summed E-state index contributed by atoms with van der Waals surface area (Å²) >= 11 is 5.85. The van der Waals surface area contributed by atoms with Crippen molar-refractivity contribution in [1.82, 2.24) is 9.97 Å². The van der Waals surface area contributed by atoms with Crippen molar-refractivity contribution < 1.29 is 9.53 Å². The number of hydrogen-bond acceptors (Lipinski definition) is 5. The van der Waals surface area contributed by atoms with Gasteiger partial charge in [0, 0.05) is 19.7 Å². The van der Waals surface area contributed by atoms with E-state index in [9.17, 15) is 4.79 Å². The fraction of sp³-hybridized carbons (Fsp3) is 0.545. The van der Waals surface area contributed by atoms with E-state index < -0.39 is 0 Å². The maximum atomic E-state index is 11.0. The number of halogens is 1. The molecule has 0 unspecified atom stereocenters. The van der Waals surface area contributed by atoms with Gasteiger partial charge in [-0.3, -0.25) is 4.79 Å². The van der Waals surface area contributed by atoms with E-state index in [0.29, 0.717) is 37.4 Å². The Kier molecular flexibility index (Phi) is 5.86. The largest absolute Gasteiger partial charge is 0.380 e. The fourth-order valence-electron chi connectivity index (χ4n) is 1.45. The van der Waals surface area contributed by atoms with Gasteiger partial charge in [-0.05, 0) is 13.8 Å². The van der Waals surface area contributed by atoms with Gasteiger partial charge in [0.25, 0.3) is 0 Å². The third-order valence-electron chi connectivity index (χ3n) is 2.32. The van der Waals surface area contributed by atoms with E-state index in [1.807, 2.05) is 18.7 Å². The molecule has 0 atom stereocenters. The average Bonchev–Trinajstić information content (AvgIpc) is 2.34. The van der Waals surface area contributed by atoms with Crippen LogP contribution in [0.15, 0.2) is 6.33 Å². The molecule has 0 saturated carbocycles. The van der Waals surface area contributed by atoms with Crippen LogP contribution < -0.4 is 4.90 Å². The highest BCUT2D eigenvalue weighted by Gasteiger charge is 2.14. The summed E-state index contributed by atoms with van der Waals surface area (Å²) in [6, 6.07) is 0. The van der Waals surface area contributed by atoms with Gasteiger partial charge in [0.2, 0.25) is 0 Å². The zero-order valence-corrected chi connectivity index (χ0v) is 10.8. The molecule has 0 N–H and O–H groups in total. The number of carbonyl (C=O) groups is 1. The lowest BCUT2D eigenvalue weighted by Crippen LogP contribution is -2.29. The minimum Gasteiger partial charge on any atom is -0.380 e. The molecule has 0 fully saturated rings. The highest BCUT2D eigenvalue weighted by atomic mass is 35.5. The summed E-state index contributed by atoms with van der Waals surface area (Å²) in [5.41, 5.74) is 0.326. The lowest BCUT2D eigenvalue weighted by molar-refractivity contribution is 0.112. The Labute approximate surface area is 106 Å². The lowest BCUT2D eigenvalue weighted by atomic mass is 10.3.